The van der Waals surface area contributed by atoms with Gasteiger partial charge in [0.15, 0.2) is 11.6 Å². The summed E-state index contributed by atoms with van der Waals surface area (Å²) in [4.78, 5) is 3.08. The summed E-state index contributed by atoms with van der Waals surface area (Å²) in [5, 5.41) is 4.30. The number of fused-ring (bicyclic) bond motifs is 1. The van der Waals surface area contributed by atoms with Gasteiger partial charge in [0, 0.05) is 23.2 Å². The zero-order chi connectivity index (χ0) is 12.3. The summed E-state index contributed by atoms with van der Waals surface area (Å²) in [6.45, 7) is 3.96. The summed E-state index contributed by atoms with van der Waals surface area (Å²) in [5.41, 5.74) is 1.99. The number of nitrogens with one attached hydrogen (secondary N) is 2. The van der Waals surface area contributed by atoms with E-state index in [9.17, 15) is 4.39 Å². The molecule has 0 bridgehead atoms. The highest BCUT2D eigenvalue weighted by molar-refractivity contribution is 5.84. The molecule has 0 spiro atoms. The fourth-order valence-electron chi connectivity index (χ4n) is 1.94. The van der Waals surface area contributed by atoms with Crippen LogP contribution in [0.15, 0.2) is 18.3 Å². The topological polar surface area (TPSA) is 37.0 Å². The van der Waals surface area contributed by atoms with Crippen LogP contribution in [-0.4, -0.2) is 25.2 Å². The van der Waals surface area contributed by atoms with Crippen molar-refractivity contribution in [2.45, 2.75) is 13.3 Å². The van der Waals surface area contributed by atoms with Crippen LogP contribution in [0.2, 0.25) is 0 Å². The number of likely N-dealkylation sites (N-methyl/N-ethyl adjacent to an activating group) is 1. The van der Waals surface area contributed by atoms with Crippen molar-refractivity contribution in [3.8, 4) is 5.75 Å². The highest BCUT2D eigenvalue weighted by atomic mass is 19.1. The highest BCUT2D eigenvalue weighted by Gasteiger charge is 2.09. The maximum absolute atomic E-state index is 13.5. The Morgan fingerprint density at radius 2 is 2.24 bits per heavy atom. The van der Waals surface area contributed by atoms with E-state index >= 15 is 0 Å². The second-order valence-electron chi connectivity index (χ2n) is 3.95. The van der Waals surface area contributed by atoms with Gasteiger partial charge in [0.25, 0.3) is 0 Å². The van der Waals surface area contributed by atoms with Crippen molar-refractivity contribution >= 4 is 10.9 Å². The van der Waals surface area contributed by atoms with Gasteiger partial charge in [-0.3, -0.25) is 0 Å². The molecule has 0 amide bonds. The van der Waals surface area contributed by atoms with Crippen molar-refractivity contribution in [3.63, 3.8) is 0 Å². The van der Waals surface area contributed by atoms with Crippen LogP contribution >= 0.6 is 0 Å². The van der Waals surface area contributed by atoms with Crippen LogP contribution in [0, 0.1) is 5.82 Å². The molecule has 4 heteroatoms. The van der Waals surface area contributed by atoms with Crippen LogP contribution in [0.25, 0.3) is 10.9 Å². The first-order valence-corrected chi connectivity index (χ1v) is 5.80. The molecule has 17 heavy (non-hydrogen) atoms. The third-order valence-corrected chi connectivity index (χ3v) is 2.86. The molecular weight excluding hydrogens is 219 g/mol. The van der Waals surface area contributed by atoms with E-state index in [1.54, 1.807) is 6.07 Å². The van der Waals surface area contributed by atoms with E-state index in [2.05, 4.69) is 17.2 Å². The van der Waals surface area contributed by atoms with E-state index in [0.29, 0.717) is 5.75 Å². The lowest BCUT2D eigenvalue weighted by Gasteiger charge is -2.04. The average Bonchev–Trinajstić information content (AvgIpc) is 2.71. The molecule has 92 valence electrons. The molecule has 0 aliphatic carbocycles. The normalized spacial score (nSPS) is 11.0. The molecule has 0 aliphatic heterocycles. The van der Waals surface area contributed by atoms with E-state index in [4.69, 9.17) is 4.74 Å². The van der Waals surface area contributed by atoms with Gasteiger partial charge in [0.2, 0.25) is 0 Å². The number of H-pyrrole nitrogens is 1. The Hall–Kier alpha value is -1.55. The molecule has 0 radical (unpaired) electrons. The predicted octanol–water partition coefficient (Wildman–Crippen LogP) is 2.47. The molecule has 2 rings (SSSR count). The number of benzene rings is 1. The average molecular weight is 236 g/mol. The van der Waals surface area contributed by atoms with Gasteiger partial charge < -0.3 is 15.0 Å². The zero-order valence-electron chi connectivity index (χ0n) is 10.1. The minimum absolute atomic E-state index is 0.293. The largest absolute Gasteiger partial charge is 0.494 e. The Bertz CT molecular complexity index is 507. The number of aromatic nitrogens is 1. The molecule has 2 aromatic rings. The summed E-state index contributed by atoms with van der Waals surface area (Å²) in [5.74, 6) is -0.0399. The SMILES string of the molecule is CCNCCc1c[nH]c2cc(F)c(OC)cc12. The highest BCUT2D eigenvalue weighted by Crippen LogP contribution is 2.26. The van der Waals surface area contributed by atoms with E-state index < -0.39 is 0 Å². The number of hydrogen-bond acceptors (Lipinski definition) is 2. The summed E-state index contributed by atoms with van der Waals surface area (Å²) >= 11 is 0. The Kier molecular flexibility index (Phi) is 3.64. The lowest BCUT2D eigenvalue weighted by Crippen LogP contribution is -2.15. The maximum Gasteiger partial charge on any atom is 0.167 e. The molecular formula is C13H17FN2O. The molecule has 3 nitrogen and oxygen atoms in total. The zero-order valence-corrected chi connectivity index (χ0v) is 10.1. The lowest BCUT2D eigenvalue weighted by atomic mass is 10.1. The van der Waals surface area contributed by atoms with Gasteiger partial charge in [0.1, 0.15) is 0 Å². The monoisotopic (exact) mass is 236 g/mol. The van der Waals surface area contributed by atoms with E-state index in [1.807, 2.05) is 6.20 Å². The maximum atomic E-state index is 13.5. The van der Waals surface area contributed by atoms with E-state index in [0.717, 1.165) is 30.4 Å². The summed E-state index contributed by atoms with van der Waals surface area (Å²) in [6.07, 6.45) is 2.85. The first-order chi connectivity index (χ1) is 8.26. The van der Waals surface area contributed by atoms with Crippen molar-refractivity contribution in [2.75, 3.05) is 20.2 Å². The Balaban J connectivity index is 2.31. The Labute approximate surface area is 100.0 Å². The molecule has 0 aliphatic rings. The fourth-order valence-corrected chi connectivity index (χ4v) is 1.94. The first-order valence-electron chi connectivity index (χ1n) is 5.80. The van der Waals surface area contributed by atoms with E-state index in [1.165, 1.54) is 18.7 Å². The van der Waals surface area contributed by atoms with Gasteiger partial charge in [-0.05, 0) is 31.1 Å². The van der Waals surface area contributed by atoms with Crippen molar-refractivity contribution in [3.05, 3.63) is 29.7 Å². The third kappa shape index (κ3) is 2.42. The third-order valence-electron chi connectivity index (χ3n) is 2.86. The van der Waals surface area contributed by atoms with Crippen molar-refractivity contribution in [1.29, 1.82) is 0 Å². The van der Waals surface area contributed by atoms with Gasteiger partial charge in [-0.15, -0.1) is 0 Å². The molecule has 0 unspecified atom stereocenters. The van der Waals surface area contributed by atoms with Crippen LogP contribution in [0.5, 0.6) is 5.75 Å². The van der Waals surface area contributed by atoms with Crippen molar-refractivity contribution in [1.82, 2.24) is 10.3 Å². The number of aromatic amines is 1. The van der Waals surface area contributed by atoms with Crippen LogP contribution in [0.3, 0.4) is 0 Å². The van der Waals surface area contributed by atoms with Crippen LogP contribution in [-0.2, 0) is 6.42 Å². The van der Waals surface area contributed by atoms with Crippen LogP contribution in [0.1, 0.15) is 12.5 Å². The Morgan fingerprint density at radius 1 is 1.41 bits per heavy atom. The summed E-state index contributed by atoms with van der Waals surface area (Å²) < 4.78 is 18.5. The second-order valence-corrected chi connectivity index (χ2v) is 3.95. The molecule has 0 atom stereocenters. The van der Waals surface area contributed by atoms with Gasteiger partial charge in [-0.25, -0.2) is 4.39 Å². The Morgan fingerprint density at radius 3 is 2.94 bits per heavy atom. The van der Waals surface area contributed by atoms with Gasteiger partial charge in [-0.1, -0.05) is 6.92 Å². The molecule has 2 N–H and O–H groups in total. The predicted molar refractivity (Wildman–Crippen MR) is 67.1 cm³/mol. The smallest absolute Gasteiger partial charge is 0.167 e. The quantitative estimate of drug-likeness (QED) is 0.782. The first kappa shape index (κ1) is 11.9. The number of halogens is 1. The van der Waals surface area contributed by atoms with Crippen LogP contribution in [0.4, 0.5) is 4.39 Å². The molecule has 1 aromatic heterocycles. The molecule has 0 fully saturated rings. The van der Waals surface area contributed by atoms with Gasteiger partial charge >= 0.3 is 0 Å². The second kappa shape index (κ2) is 5.19. The number of methoxy groups -OCH3 is 1. The van der Waals surface area contributed by atoms with Crippen LogP contribution < -0.4 is 10.1 Å². The lowest BCUT2D eigenvalue weighted by molar-refractivity contribution is 0.387. The van der Waals surface area contributed by atoms with Crippen molar-refractivity contribution in [2.24, 2.45) is 0 Å². The van der Waals surface area contributed by atoms with E-state index in [-0.39, 0.29) is 5.82 Å². The molecule has 0 saturated heterocycles. The van der Waals surface area contributed by atoms with Gasteiger partial charge in [-0.2, -0.15) is 0 Å². The number of ether oxygens (including phenoxy) is 1. The summed E-state index contributed by atoms with van der Waals surface area (Å²) in [7, 11) is 1.48. The molecule has 1 aromatic carbocycles. The number of hydrogen-bond donors (Lipinski definition) is 2. The van der Waals surface area contributed by atoms with Gasteiger partial charge in [0.05, 0.1) is 7.11 Å². The summed E-state index contributed by atoms with van der Waals surface area (Å²) in [6, 6.07) is 3.23. The fraction of sp³-hybridized carbons (Fsp3) is 0.385. The standard InChI is InChI=1S/C13H17FN2O/c1-3-15-5-4-9-8-16-12-7-11(14)13(17-2)6-10(9)12/h6-8,15-16H,3-5H2,1-2H3. The van der Waals surface area contributed by atoms with Crippen molar-refractivity contribution < 1.29 is 9.13 Å². The minimum Gasteiger partial charge on any atom is -0.494 e. The molecule has 1 heterocycles. The molecule has 0 saturated carbocycles. The minimum atomic E-state index is -0.333. The number of rotatable bonds is 5.